The molecule has 2 unspecified atom stereocenters. The number of carbonyl (C=O) groups excluding carboxylic acids is 1. The summed E-state index contributed by atoms with van der Waals surface area (Å²) in [6.45, 7) is 4.17. The molecule has 0 aromatic heterocycles. The molecule has 0 amide bonds. The van der Waals surface area contributed by atoms with Gasteiger partial charge in [0.2, 0.25) is 0 Å². The number of ketones is 1. The van der Waals surface area contributed by atoms with Crippen LogP contribution in [0.1, 0.15) is 46.0 Å². The monoisotopic (exact) mass is 230 g/mol. The van der Waals surface area contributed by atoms with Crippen molar-refractivity contribution in [2.75, 3.05) is 0 Å². The molecule has 0 aromatic rings. The summed E-state index contributed by atoms with van der Waals surface area (Å²) in [6.07, 6.45) is 14.6. The molecule has 2 rings (SSSR count). The van der Waals surface area contributed by atoms with Crippen LogP contribution in [0.25, 0.3) is 0 Å². The fourth-order valence-corrected chi connectivity index (χ4v) is 2.75. The van der Waals surface area contributed by atoms with E-state index in [9.17, 15) is 4.79 Å². The van der Waals surface area contributed by atoms with Gasteiger partial charge in [-0.2, -0.15) is 0 Å². The highest BCUT2D eigenvalue weighted by Crippen LogP contribution is 2.27. The van der Waals surface area contributed by atoms with Gasteiger partial charge in [0.1, 0.15) is 0 Å². The third-order valence-electron chi connectivity index (χ3n) is 3.85. The molecular weight excluding hydrogens is 208 g/mol. The zero-order chi connectivity index (χ0) is 12.3. The molecule has 2 aliphatic carbocycles. The standard InChI is InChI=1S/C16H22O/c1-12-4-3-5-14(10-12)6-7-15-8-9-16(17)13(2)11-15/h4,6-7,11,14-15H,3,5,8-10H2,1-2H3. The molecule has 0 heterocycles. The molecule has 0 saturated heterocycles. The normalized spacial score (nSPS) is 30.4. The van der Waals surface area contributed by atoms with Crippen LogP contribution in [0.5, 0.6) is 0 Å². The summed E-state index contributed by atoms with van der Waals surface area (Å²) in [4.78, 5) is 11.4. The minimum absolute atomic E-state index is 0.325. The lowest BCUT2D eigenvalue weighted by Gasteiger charge is -2.19. The highest BCUT2D eigenvalue weighted by molar-refractivity contribution is 5.95. The van der Waals surface area contributed by atoms with Crippen LogP contribution < -0.4 is 0 Å². The zero-order valence-electron chi connectivity index (χ0n) is 10.9. The van der Waals surface area contributed by atoms with E-state index in [1.807, 2.05) is 6.92 Å². The van der Waals surface area contributed by atoms with Gasteiger partial charge in [0, 0.05) is 6.42 Å². The van der Waals surface area contributed by atoms with Crippen LogP contribution in [0.3, 0.4) is 0 Å². The minimum atomic E-state index is 0.325. The first-order valence-corrected chi connectivity index (χ1v) is 6.70. The summed E-state index contributed by atoms with van der Waals surface area (Å²) < 4.78 is 0. The van der Waals surface area contributed by atoms with Crippen molar-refractivity contribution < 1.29 is 4.79 Å². The third kappa shape index (κ3) is 3.42. The van der Waals surface area contributed by atoms with E-state index in [0.717, 1.165) is 18.4 Å². The number of hydrogen-bond acceptors (Lipinski definition) is 1. The lowest BCUT2D eigenvalue weighted by Crippen LogP contribution is -2.11. The smallest absolute Gasteiger partial charge is 0.158 e. The van der Waals surface area contributed by atoms with E-state index in [4.69, 9.17) is 0 Å². The number of allylic oxidation sites excluding steroid dienone is 6. The quantitative estimate of drug-likeness (QED) is 0.649. The Balaban J connectivity index is 1.93. The van der Waals surface area contributed by atoms with Gasteiger partial charge in [0.05, 0.1) is 0 Å². The molecule has 2 atom stereocenters. The Bertz CT molecular complexity index is 384. The van der Waals surface area contributed by atoms with Crippen LogP contribution in [-0.4, -0.2) is 5.78 Å². The van der Waals surface area contributed by atoms with Crippen molar-refractivity contribution in [2.45, 2.75) is 46.0 Å². The van der Waals surface area contributed by atoms with Crippen LogP contribution in [0.15, 0.2) is 35.5 Å². The molecule has 0 N–H and O–H groups in total. The maximum atomic E-state index is 11.4. The fourth-order valence-electron chi connectivity index (χ4n) is 2.75. The predicted molar refractivity (Wildman–Crippen MR) is 71.7 cm³/mol. The Labute approximate surface area is 104 Å². The van der Waals surface area contributed by atoms with Gasteiger partial charge in [-0.1, -0.05) is 29.9 Å². The largest absolute Gasteiger partial charge is 0.295 e. The Morgan fingerprint density at radius 2 is 2.06 bits per heavy atom. The predicted octanol–water partition coefficient (Wildman–Crippen LogP) is 4.21. The fraction of sp³-hybridized carbons (Fsp3) is 0.562. The number of hydrogen-bond donors (Lipinski definition) is 0. The summed E-state index contributed by atoms with van der Waals surface area (Å²) in [6, 6.07) is 0. The molecule has 0 radical (unpaired) electrons. The summed E-state index contributed by atoms with van der Waals surface area (Å²) in [5.41, 5.74) is 2.47. The van der Waals surface area contributed by atoms with Crippen molar-refractivity contribution in [2.24, 2.45) is 11.8 Å². The average molecular weight is 230 g/mol. The van der Waals surface area contributed by atoms with E-state index >= 15 is 0 Å². The molecule has 1 heteroatoms. The van der Waals surface area contributed by atoms with Crippen LogP contribution in [-0.2, 0) is 4.79 Å². The second-order valence-electron chi connectivity index (χ2n) is 5.45. The molecule has 0 fully saturated rings. The maximum absolute atomic E-state index is 11.4. The van der Waals surface area contributed by atoms with Crippen LogP contribution in [0.4, 0.5) is 0 Å². The highest BCUT2D eigenvalue weighted by atomic mass is 16.1. The molecule has 2 aliphatic rings. The van der Waals surface area contributed by atoms with Crippen LogP contribution in [0, 0.1) is 11.8 Å². The Hall–Kier alpha value is -1.11. The molecular formula is C16H22O. The summed E-state index contributed by atoms with van der Waals surface area (Å²) in [5.74, 6) is 1.52. The van der Waals surface area contributed by atoms with Crippen molar-refractivity contribution >= 4 is 5.78 Å². The van der Waals surface area contributed by atoms with E-state index in [-0.39, 0.29) is 0 Å². The second kappa shape index (κ2) is 5.48. The van der Waals surface area contributed by atoms with Crippen molar-refractivity contribution in [1.29, 1.82) is 0 Å². The molecule has 1 nitrogen and oxygen atoms in total. The lowest BCUT2D eigenvalue weighted by molar-refractivity contribution is -0.116. The summed E-state index contributed by atoms with van der Waals surface area (Å²) in [5, 5.41) is 0. The second-order valence-corrected chi connectivity index (χ2v) is 5.45. The molecule has 0 bridgehead atoms. The van der Waals surface area contributed by atoms with Gasteiger partial charge in [-0.15, -0.1) is 0 Å². The topological polar surface area (TPSA) is 17.1 Å². The van der Waals surface area contributed by atoms with Crippen LogP contribution in [0.2, 0.25) is 0 Å². The van der Waals surface area contributed by atoms with E-state index in [1.165, 1.54) is 24.8 Å². The molecule has 0 spiro atoms. The number of carbonyl (C=O) groups is 1. The highest BCUT2D eigenvalue weighted by Gasteiger charge is 2.16. The Kier molecular flexibility index (Phi) is 3.98. The van der Waals surface area contributed by atoms with Gasteiger partial charge in [0.25, 0.3) is 0 Å². The number of Topliss-reactive ketones (excluding diaryl/α,β-unsaturated/α-hetero) is 1. The SMILES string of the molecule is CC1=CCCC(C=CC2C=C(C)C(=O)CC2)C1. The van der Waals surface area contributed by atoms with Gasteiger partial charge in [0.15, 0.2) is 5.78 Å². The third-order valence-corrected chi connectivity index (χ3v) is 3.85. The molecule has 92 valence electrons. The number of rotatable bonds is 2. The van der Waals surface area contributed by atoms with Gasteiger partial charge in [-0.25, -0.2) is 0 Å². The first kappa shape index (κ1) is 12.3. The molecule has 0 aromatic carbocycles. The van der Waals surface area contributed by atoms with E-state index < -0.39 is 0 Å². The van der Waals surface area contributed by atoms with Gasteiger partial charge < -0.3 is 0 Å². The molecule has 0 aliphatic heterocycles. The Morgan fingerprint density at radius 1 is 1.24 bits per heavy atom. The van der Waals surface area contributed by atoms with E-state index in [1.54, 1.807) is 0 Å². The summed E-state index contributed by atoms with van der Waals surface area (Å²) >= 11 is 0. The van der Waals surface area contributed by atoms with Crippen molar-refractivity contribution in [3.63, 3.8) is 0 Å². The first-order chi connectivity index (χ1) is 8.15. The van der Waals surface area contributed by atoms with Crippen molar-refractivity contribution in [3.8, 4) is 0 Å². The maximum Gasteiger partial charge on any atom is 0.158 e. The van der Waals surface area contributed by atoms with Gasteiger partial charge in [-0.05, 0) is 56.9 Å². The van der Waals surface area contributed by atoms with Crippen LogP contribution >= 0.6 is 0 Å². The van der Waals surface area contributed by atoms with Gasteiger partial charge in [-0.3, -0.25) is 4.79 Å². The van der Waals surface area contributed by atoms with E-state index in [2.05, 4.69) is 31.2 Å². The summed E-state index contributed by atoms with van der Waals surface area (Å²) in [7, 11) is 0. The lowest BCUT2D eigenvalue weighted by atomic mass is 9.86. The van der Waals surface area contributed by atoms with E-state index in [0.29, 0.717) is 17.6 Å². The minimum Gasteiger partial charge on any atom is -0.295 e. The van der Waals surface area contributed by atoms with Crippen molar-refractivity contribution in [3.05, 3.63) is 35.5 Å². The first-order valence-electron chi connectivity index (χ1n) is 6.70. The van der Waals surface area contributed by atoms with Gasteiger partial charge >= 0.3 is 0 Å². The zero-order valence-corrected chi connectivity index (χ0v) is 10.9. The Morgan fingerprint density at radius 3 is 2.76 bits per heavy atom. The molecule has 17 heavy (non-hydrogen) atoms. The average Bonchev–Trinajstić information content (AvgIpc) is 2.31. The van der Waals surface area contributed by atoms with Crippen molar-refractivity contribution in [1.82, 2.24) is 0 Å². The molecule has 0 saturated carbocycles.